The summed E-state index contributed by atoms with van der Waals surface area (Å²) in [5, 5.41) is 3.20. The smallest absolute Gasteiger partial charge is 0.307 e. The maximum Gasteiger partial charge on any atom is 0.307 e. The highest BCUT2D eigenvalue weighted by molar-refractivity contribution is 6.30. The maximum atomic E-state index is 13.1. The minimum absolute atomic E-state index is 0.183. The molecule has 0 aliphatic heterocycles. The van der Waals surface area contributed by atoms with Crippen molar-refractivity contribution in [1.82, 2.24) is 0 Å². The molecule has 1 aromatic rings. The van der Waals surface area contributed by atoms with Gasteiger partial charge in [0.05, 0.1) is 19.2 Å². The lowest BCUT2D eigenvalue weighted by Gasteiger charge is -2.06. The summed E-state index contributed by atoms with van der Waals surface area (Å²) >= 11 is 5.69. The number of hydrogen-bond acceptors (Lipinski definition) is 3. The van der Waals surface area contributed by atoms with Gasteiger partial charge in [-0.15, -0.1) is 0 Å². The Morgan fingerprint density at radius 2 is 2.33 bits per heavy atom. The number of esters is 1. The molecule has 5 heteroatoms. The van der Waals surface area contributed by atoms with Crippen LogP contribution in [0.1, 0.15) is 6.42 Å². The Labute approximate surface area is 92.2 Å². The first kappa shape index (κ1) is 11.8. The molecule has 0 radical (unpaired) electrons. The van der Waals surface area contributed by atoms with E-state index in [0.29, 0.717) is 11.6 Å². The molecule has 0 atom stereocenters. The number of methoxy groups -OCH3 is 1. The van der Waals surface area contributed by atoms with E-state index in [4.69, 9.17) is 11.6 Å². The minimum atomic E-state index is -0.399. The molecule has 0 saturated carbocycles. The molecule has 1 aromatic carbocycles. The molecule has 82 valence electrons. The molecule has 1 N–H and O–H groups in total. The monoisotopic (exact) mass is 231 g/mol. The van der Waals surface area contributed by atoms with Crippen LogP contribution in [0.2, 0.25) is 5.02 Å². The molecule has 3 nitrogen and oxygen atoms in total. The van der Waals surface area contributed by atoms with Gasteiger partial charge in [-0.1, -0.05) is 11.6 Å². The molecule has 15 heavy (non-hydrogen) atoms. The van der Waals surface area contributed by atoms with E-state index in [0.717, 1.165) is 0 Å². The quantitative estimate of drug-likeness (QED) is 0.809. The predicted octanol–water partition coefficient (Wildman–Crippen LogP) is 2.45. The van der Waals surface area contributed by atoms with Crippen LogP contribution in [0.3, 0.4) is 0 Å². The second-order valence-corrected chi connectivity index (χ2v) is 3.31. The van der Waals surface area contributed by atoms with Gasteiger partial charge in [0.25, 0.3) is 0 Å². The second kappa shape index (κ2) is 5.56. The predicted molar refractivity (Wildman–Crippen MR) is 56.5 cm³/mol. The zero-order chi connectivity index (χ0) is 11.3. The van der Waals surface area contributed by atoms with Crippen LogP contribution in [0.4, 0.5) is 10.1 Å². The standard InChI is InChI=1S/C10H11ClFNO2/c1-15-10(14)4-5-13-9-6-7(11)2-3-8(9)12/h2-3,6,13H,4-5H2,1H3. The van der Waals surface area contributed by atoms with Crippen LogP contribution in [0.25, 0.3) is 0 Å². The van der Waals surface area contributed by atoms with Gasteiger partial charge < -0.3 is 10.1 Å². The van der Waals surface area contributed by atoms with Crippen molar-refractivity contribution in [1.29, 1.82) is 0 Å². The van der Waals surface area contributed by atoms with Gasteiger partial charge in [-0.2, -0.15) is 0 Å². The topological polar surface area (TPSA) is 38.3 Å². The van der Waals surface area contributed by atoms with Crippen LogP contribution in [-0.2, 0) is 9.53 Å². The van der Waals surface area contributed by atoms with Crippen LogP contribution < -0.4 is 5.32 Å². The number of halogens is 2. The first-order valence-electron chi connectivity index (χ1n) is 4.39. The van der Waals surface area contributed by atoms with Gasteiger partial charge in [0.1, 0.15) is 5.82 Å². The van der Waals surface area contributed by atoms with Gasteiger partial charge in [-0.3, -0.25) is 4.79 Å². The highest BCUT2D eigenvalue weighted by Crippen LogP contribution is 2.19. The molecule has 0 aliphatic carbocycles. The summed E-state index contributed by atoms with van der Waals surface area (Å²) in [7, 11) is 1.31. The van der Waals surface area contributed by atoms with E-state index in [1.165, 1.54) is 25.3 Å². The zero-order valence-corrected chi connectivity index (χ0v) is 8.97. The summed E-state index contributed by atoms with van der Waals surface area (Å²) in [4.78, 5) is 10.8. The van der Waals surface area contributed by atoms with E-state index in [1.54, 1.807) is 0 Å². The number of anilines is 1. The highest BCUT2D eigenvalue weighted by Gasteiger charge is 2.04. The summed E-state index contributed by atoms with van der Waals surface area (Å²) in [6, 6.07) is 4.19. The number of nitrogens with one attached hydrogen (secondary N) is 1. The molecule has 0 spiro atoms. The molecule has 0 heterocycles. The molecule has 0 unspecified atom stereocenters. The largest absolute Gasteiger partial charge is 0.469 e. The Morgan fingerprint density at radius 1 is 1.60 bits per heavy atom. The Bertz CT molecular complexity index is 357. The molecular weight excluding hydrogens is 221 g/mol. The number of benzene rings is 1. The van der Waals surface area contributed by atoms with Gasteiger partial charge in [-0.25, -0.2) is 4.39 Å². The third-order valence-corrected chi connectivity index (χ3v) is 2.04. The van der Waals surface area contributed by atoms with Gasteiger partial charge in [0.2, 0.25) is 0 Å². The molecule has 1 rings (SSSR count). The fraction of sp³-hybridized carbons (Fsp3) is 0.300. The van der Waals surface area contributed by atoms with E-state index in [9.17, 15) is 9.18 Å². The minimum Gasteiger partial charge on any atom is -0.469 e. The average molecular weight is 232 g/mol. The second-order valence-electron chi connectivity index (χ2n) is 2.88. The van der Waals surface area contributed by atoms with Crippen molar-refractivity contribution in [3.8, 4) is 0 Å². The fourth-order valence-corrected chi connectivity index (χ4v) is 1.21. The normalized spacial score (nSPS) is 9.80. The fourth-order valence-electron chi connectivity index (χ4n) is 1.03. The van der Waals surface area contributed by atoms with Crippen molar-refractivity contribution in [2.75, 3.05) is 19.0 Å². The summed E-state index contributed by atoms with van der Waals surface area (Å²) < 4.78 is 17.6. The molecule has 0 aromatic heterocycles. The van der Waals surface area contributed by atoms with Gasteiger partial charge in [0, 0.05) is 11.6 Å². The lowest BCUT2D eigenvalue weighted by atomic mass is 10.3. The van der Waals surface area contributed by atoms with Crippen LogP contribution in [0, 0.1) is 5.82 Å². The Kier molecular flexibility index (Phi) is 4.37. The van der Waals surface area contributed by atoms with Crippen molar-refractivity contribution in [3.63, 3.8) is 0 Å². The van der Waals surface area contributed by atoms with Crippen molar-refractivity contribution in [3.05, 3.63) is 29.0 Å². The van der Waals surface area contributed by atoms with Crippen LogP contribution in [0.15, 0.2) is 18.2 Å². The molecule has 0 amide bonds. The summed E-state index contributed by atoms with van der Waals surface area (Å²) in [6.45, 7) is 0.309. The third kappa shape index (κ3) is 3.75. The lowest BCUT2D eigenvalue weighted by Crippen LogP contribution is -2.10. The molecule has 0 fully saturated rings. The van der Waals surface area contributed by atoms with Crippen LogP contribution >= 0.6 is 11.6 Å². The Balaban J connectivity index is 2.50. The van der Waals surface area contributed by atoms with E-state index < -0.39 is 5.82 Å². The number of hydrogen-bond donors (Lipinski definition) is 1. The van der Waals surface area contributed by atoms with Gasteiger partial charge in [0.15, 0.2) is 0 Å². The van der Waals surface area contributed by atoms with E-state index in [-0.39, 0.29) is 18.1 Å². The first-order chi connectivity index (χ1) is 7.13. The molecule has 0 saturated heterocycles. The first-order valence-corrected chi connectivity index (χ1v) is 4.77. The summed E-state index contributed by atoms with van der Waals surface area (Å²) in [5.74, 6) is -0.741. The van der Waals surface area contributed by atoms with E-state index in [1.807, 2.05) is 0 Å². The molecular formula is C10H11ClFNO2. The highest BCUT2D eigenvalue weighted by atomic mass is 35.5. The Morgan fingerprint density at radius 3 is 3.00 bits per heavy atom. The summed E-state index contributed by atoms with van der Waals surface area (Å²) in [5.41, 5.74) is 0.284. The summed E-state index contributed by atoms with van der Waals surface area (Å²) in [6.07, 6.45) is 0.183. The van der Waals surface area contributed by atoms with Crippen molar-refractivity contribution >= 4 is 23.3 Å². The lowest BCUT2D eigenvalue weighted by molar-refractivity contribution is -0.140. The number of carbonyl (C=O) groups is 1. The molecule has 0 aliphatic rings. The molecule has 0 bridgehead atoms. The van der Waals surface area contributed by atoms with Crippen molar-refractivity contribution < 1.29 is 13.9 Å². The van der Waals surface area contributed by atoms with Crippen LogP contribution in [0.5, 0.6) is 0 Å². The zero-order valence-electron chi connectivity index (χ0n) is 8.22. The Hall–Kier alpha value is -1.29. The average Bonchev–Trinajstić information content (AvgIpc) is 2.23. The van der Waals surface area contributed by atoms with E-state index >= 15 is 0 Å². The SMILES string of the molecule is COC(=O)CCNc1cc(Cl)ccc1F. The van der Waals surface area contributed by atoms with Gasteiger partial charge in [-0.05, 0) is 18.2 Å². The van der Waals surface area contributed by atoms with Gasteiger partial charge >= 0.3 is 5.97 Å². The van der Waals surface area contributed by atoms with E-state index in [2.05, 4.69) is 10.1 Å². The third-order valence-electron chi connectivity index (χ3n) is 1.80. The van der Waals surface area contributed by atoms with Crippen LogP contribution in [-0.4, -0.2) is 19.6 Å². The number of carbonyl (C=O) groups excluding carboxylic acids is 1. The maximum absolute atomic E-state index is 13.1. The van der Waals surface area contributed by atoms with Crippen molar-refractivity contribution in [2.45, 2.75) is 6.42 Å². The number of rotatable bonds is 4. The number of ether oxygens (including phenoxy) is 1. The van der Waals surface area contributed by atoms with Crippen molar-refractivity contribution in [2.24, 2.45) is 0 Å².